The summed E-state index contributed by atoms with van der Waals surface area (Å²) in [7, 11) is 1.78. The molecule has 0 radical (unpaired) electrons. The second-order valence-electron chi connectivity index (χ2n) is 9.63. The van der Waals surface area contributed by atoms with Gasteiger partial charge in [-0.15, -0.1) is 10.2 Å². The Labute approximate surface area is 253 Å². The second kappa shape index (κ2) is 13.2. The summed E-state index contributed by atoms with van der Waals surface area (Å²) in [4.78, 5) is 38.3. The molecule has 0 aliphatic heterocycles. The van der Waals surface area contributed by atoms with Crippen LogP contribution in [0.15, 0.2) is 101 Å². The first kappa shape index (κ1) is 29.3. The third kappa shape index (κ3) is 6.68. The van der Waals surface area contributed by atoms with E-state index in [1.807, 2.05) is 96.4 Å². The van der Waals surface area contributed by atoms with Crippen LogP contribution in [0.5, 0.6) is 0 Å². The van der Waals surface area contributed by atoms with Gasteiger partial charge in [0.1, 0.15) is 5.69 Å². The number of hydrogen-bond donors (Lipinski definition) is 2. The monoisotopic (exact) mass is 593 g/mol. The van der Waals surface area contributed by atoms with Gasteiger partial charge >= 0.3 is 0 Å². The molecule has 0 spiro atoms. The molecule has 2 N–H and O–H groups in total. The highest BCUT2D eigenvalue weighted by molar-refractivity contribution is 7.99. The predicted octanol–water partition coefficient (Wildman–Crippen LogP) is 5.15. The molecule has 0 fully saturated rings. The third-order valence-corrected chi connectivity index (χ3v) is 7.79. The van der Waals surface area contributed by atoms with Crippen molar-refractivity contribution in [3.63, 3.8) is 0 Å². The van der Waals surface area contributed by atoms with Gasteiger partial charge in [-0.05, 0) is 61.9 Å². The lowest BCUT2D eigenvalue weighted by molar-refractivity contribution is -0.114. The molecule has 5 rings (SSSR count). The van der Waals surface area contributed by atoms with Gasteiger partial charge in [0, 0.05) is 30.9 Å². The Kier molecular flexibility index (Phi) is 9.02. The Morgan fingerprint density at radius 2 is 1.58 bits per heavy atom. The summed E-state index contributed by atoms with van der Waals surface area (Å²) in [5.41, 5.74) is 3.74. The second-order valence-corrected chi connectivity index (χ2v) is 10.6. The fourth-order valence-electron chi connectivity index (χ4n) is 4.53. The molecule has 0 saturated heterocycles. The normalized spacial score (nSPS) is 11.1. The van der Waals surface area contributed by atoms with E-state index < -0.39 is 0 Å². The van der Waals surface area contributed by atoms with Crippen molar-refractivity contribution in [2.45, 2.75) is 25.5 Å². The molecule has 3 aromatic carbocycles. The van der Waals surface area contributed by atoms with Crippen LogP contribution in [0.2, 0.25) is 0 Å². The van der Waals surface area contributed by atoms with Crippen molar-refractivity contribution in [2.24, 2.45) is 7.05 Å². The number of para-hydroxylation sites is 1. The van der Waals surface area contributed by atoms with Crippen LogP contribution >= 0.6 is 11.8 Å². The van der Waals surface area contributed by atoms with Crippen LogP contribution in [0.25, 0.3) is 23.2 Å². The molecule has 0 aliphatic carbocycles. The molecule has 10 nitrogen and oxygen atoms in total. The van der Waals surface area contributed by atoms with E-state index in [1.165, 1.54) is 22.5 Å². The summed E-state index contributed by atoms with van der Waals surface area (Å²) in [6.45, 7) is 4.36. The molecule has 0 saturated carbocycles. The number of thioether (sulfide) groups is 1. The molecule has 2 aromatic heterocycles. The van der Waals surface area contributed by atoms with Crippen molar-refractivity contribution in [1.82, 2.24) is 24.1 Å². The summed E-state index contributed by atoms with van der Waals surface area (Å²) in [6.07, 6.45) is 3.25. The molecule has 0 atom stereocenters. The van der Waals surface area contributed by atoms with Crippen LogP contribution in [0.3, 0.4) is 0 Å². The largest absolute Gasteiger partial charge is 0.323 e. The minimum atomic E-state index is -0.315. The number of carbonyl (C=O) groups excluding carboxylic acids is 2. The van der Waals surface area contributed by atoms with Crippen molar-refractivity contribution in [3.8, 4) is 17.1 Å². The van der Waals surface area contributed by atoms with Crippen LogP contribution in [0.1, 0.15) is 18.2 Å². The number of hydrogen-bond acceptors (Lipinski definition) is 6. The van der Waals surface area contributed by atoms with Crippen molar-refractivity contribution < 1.29 is 9.59 Å². The van der Waals surface area contributed by atoms with Gasteiger partial charge in [0.25, 0.3) is 5.56 Å². The lowest BCUT2D eigenvalue weighted by atomic mass is 10.2. The number of carbonyl (C=O) groups is 2. The van der Waals surface area contributed by atoms with Crippen molar-refractivity contribution in [1.29, 1.82) is 0 Å². The zero-order valence-electron chi connectivity index (χ0n) is 24.0. The fourth-order valence-corrected chi connectivity index (χ4v) is 5.34. The lowest BCUT2D eigenvalue weighted by Gasteiger charge is -2.08. The Hall–Kier alpha value is -5.16. The first-order chi connectivity index (χ1) is 20.9. The molecule has 0 bridgehead atoms. The third-order valence-electron chi connectivity index (χ3n) is 6.82. The van der Waals surface area contributed by atoms with Gasteiger partial charge < -0.3 is 15.2 Å². The number of anilines is 2. The molecular weight excluding hydrogens is 562 g/mol. The van der Waals surface area contributed by atoms with Gasteiger partial charge in [0.15, 0.2) is 11.0 Å². The average Bonchev–Trinajstić information content (AvgIpc) is 3.54. The van der Waals surface area contributed by atoms with Crippen LogP contribution < -0.4 is 16.2 Å². The number of amides is 2. The van der Waals surface area contributed by atoms with E-state index in [9.17, 15) is 14.4 Å². The maximum absolute atomic E-state index is 13.1. The van der Waals surface area contributed by atoms with Crippen molar-refractivity contribution in [2.75, 3.05) is 16.4 Å². The minimum absolute atomic E-state index is 0.0543. The van der Waals surface area contributed by atoms with Crippen LogP contribution in [-0.2, 0) is 23.2 Å². The SMILES string of the molecule is CCn1c(SCC(=O)Nc2c(C)n(C)n(-c3ccccc3)c2=O)nnc1-c1ccc(NC(=O)C=Cc2ccccc2)cc1. The quantitative estimate of drug-likeness (QED) is 0.171. The maximum atomic E-state index is 13.1. The van der Waals surface area contributed by atoms with E-state index in [2.05, 4.69) is 20.8 Å². The Morgan fingerprint density at radius 1 is 0.907 bits per heavy atom. The van der Waals surface area contributed by atoms with Crippen molar-refractivity contribution >= 4 is 41.0 Å². The number of nitrogens with zero attached hydrogens (tertiary/aromatic N) is 5. The van der Waals surface area contributed by atoms with Gasteiger partial charge in [0.2, 0.25) is 11.8 Å². The molecule has 218 valence electrons. The van der Waals surface area contributed by atoms with Gasteiger partial charge in [0.05, 0.1) is 17.1 Å². The standard InChI is InChI=1S/C32H31N7O3S/c1-4-38-30(24-16-18-25(19-17-24)33-27(40)20-15-23-11-7-5-8-12-23)35-36-32(38)43-21-28(41)34-29-22(2)37(3)39(31(29)42)26-13-9-6-10-14-26/h5-20H,4,21H2,1-3H3,(H,33,40)(H,34,41). The summed E-state index contributed by atoms with van der Waals surface area (Å²) < 4.78 is 5.17. The highest BCUT2D eigenvalue weighted by Gasteiger charge is 2.19. The van der Waals surface area contributed by atoms with E-state index in [4.69, 9.17) is 0 Å². The van der Waals surface area contributed by atoms with Gasteiger partial charge in [-0.25, -0.2) is 4.68 Å². The number of rotatable bonds is 10. The van der Waals surface area contributed by atoms with E-state index >= 15 is 0 Å². The number of benzene rings is 3. The van der Waals surface area contributed by atoms with Gasteiger partial charge in [-0.1, -0.05) is 60.3 Å². The summed E-state index contributed by atoms with van der Waals surface area (Å²) in [5, 5.41) is 14.9. The molecule has 0 unspecified atom stereocenters. The number of nitrogens with one attached hydrogen (secondary N) is 2. The zero-order chi connectivity index (χ0) is 30.3. The molecule has 43 heavy (non-hydrogen) atoms. The number of aromatic nitrogens is 5. The van der Waals surface area contributed by atoms with Crippen LogP contribution in [0.4, 0.5) is 11.4 Å². The Morgan fingerprint density at radius 3 is 2.26 bits per heavy atom. The van der Waals surface area contributed by atoms with Crippen LogP contribution in [-0.4, -0.2) is 41.7 Å². The minimum Gasteiger partial charge on any atom is -0.323 e. The fraction of sp³-hybridized carbons (Fsp3) is 0.156. The Bertz CT molecular complexity index is 1820. The maximum Gasteiger partial charge on any atom is 0.295 e. The first-order valence-electron chi connectivity index (χ1n) is 13.7. The molecule has 2 heterocycles. The van der Waals surface area contributed by atoms with Gasteiger partial charge in [-0.2, -0.15) is 0 Å². The average molecular weight is 594 g/mol. The summed E-state index contributed by atoms with van der Waals surface area (Å²) >= 11 is 1.25. The highest BCUT2D eigenvalue weighted by atomic mass is 32.2. The van der Waals surface area contributed by atoms with Gasteiger partial charge in [-0.3, -0.25) is 19.1 Å². The van der Waals surface area contributed by atoms with E-state index in [1.54, 1.807) is 24.7 Å². The predicted molar refractivity (Wildman–Crippen MR) is 170 cm³/mol. The molecule has 0 aliphatic rings. The molecule has 11 heteroatoms. The summed E-state index contributed by atoms with van der Waals surface area (Å²) in [5.74, 6) is 0.162. The molecular formula is C32H31N7O3S. The van der Waals surface area contributed by atoms with Crippen molar-refractivity contribution in [3.05, 3.63) is 113 Å². The van der Waals surface area contributed by atoms with E-state index in [0.29, 0.717) is 34.6 Å². The molecule has 5 aromatic rings. The van der Waals surface area contributed by atoms with E-state index in [-0.39, 0.29) is 28.8 Å². The zero-order valence-corrected chi connectivity index (χ0v) is 24.8. The first-order valence-corrected chi connectivity index (χ1v) is 14.7. The smallest absolute Gasteiger partial charge is 0.295 e. The van der Waals surface area contributed by atoms with Crippen LogP contribution in [0, 0.1) is 6.92 Å². The highest BCUT2D eigenvalue weighted by Crippen LogP contribution is 2.25. The molecule has 2 amide bonds. The van der Waals surface area contributed by atoms with E-state index in [0.717, 1.165) is 11.1 Å². The summed E-state index contributed by atoms with van der Waals surface area (Å²) in [6, 6.07) is 26.2. The Balaban J connectivity index is 1.22. The topological polar surface area (TPSA) is 116 Å². The lowest BCUT2D eigenvalue weighted by Crippen LogP contribution is -2.23.